The molecule has 0 aliphatic rings. The zero-order valence-corrected chi connectivity index (χ0v) is 29.7. The predicted octanol–water partition coefficient (Wildman–Crippen LogP) is 5.64. The van der Waals surface area contributed by atoms with Crippen LogP contribution in [-0.4, -0.2) is 52.3 Å². The number of carbonyl (C=O) groups excluding carboxylic acids is 3. The summed E-state index contributed by atoms with van der Waals surface area (Å²) in [5.41, 5.74) is 3.87. The molecule has 5 N–H and O–H groups in total. The Kier molecular flexibility index (Phi) is 14.5. The minimum absolute atomic E-state index is 0.0168. The van der Waals surface area contributed by atoms with E-state index in [4.69, 9.17) is 14.0 Å². The van der Waals surface area contributed by atoms with Crippen LogP contribution in [0.3, 0.4) is 0 Å². The van der Waals surface area contributed by atoms with E-state index in [1.165, 1.54) is 0 Å². The Hall–Kier alpha value is -4.85. The molecule has 13 nitrogen and oxygen atoms in total. The number of rotatable bonds is 18. The number of esters is 1. The normalized spacial score (nSPS) is 14.0. The van der Waals surface area contributed by atoms with E-state index in [0.717, 1.165) is 11.1 Å². The summed E-state index contributed by atoms with van der Waals surface area (Å²) in [5.74, 6) is -3.62. The van der Waals surface area contributed by atoms with Gasteiger partial charge in [-0.15, -0.1) is 0 Å². The van der Waals surface area contributed by atoms with Crippen molar-refractivity contribution in [2.75, 3.05) is 0 Å². The number of hydrogen-bond acceptors (Lipinski definition) is 9. The van der Waals surface area contributed by atoms with E-state index in [2.05, 4.69) is 15.7 Å². The highest BCUT2D eigenvalue weighted by atomic mass is 32.1. The van der Waals surface area contributed by atoms with E-state index >= 15 is 0 Å². The molecule has 15 heteroatoms. The van der Waals surface area contributed by atoms with Crippen LogP contribution in [0.1, 0.15) is 37.0 Å². The number of amides is 2. The number of thiophene rings is 1. The minimum Gasteiger partial charge on any atom is -0.480 e. The molecule has 0 saturated carbocycles. The highest BCUT2D eigenvalue weighted by molar-refractivity contribution is 7.50. The third-order valence-electron chi connectivity index (χ3n) is 7.35. The maximum Gasteiger partial charge on any atom is 0.409 e. The largest absolute Gasteiger partial charge is 0.480 e. The average Bonchev–Trinajstić information content (AvgIpc) is 3.65. The number of carbonyl (C=O) groups is 4. The van der Waals surface area contributed by atoms with Crippen LogP contribution in [-0.2, 0) is 52.6 Å². The minimum atomic E-state index is -5.09. The van der Waals surface area contributed by atoms with Crippen molar-refractivity contribution in [3.05, 3.63) is 118 Å². The summed E-state index contributed by atoms with van der Waals surface area (Å²) in [4.78, 5) is 62.2. The molecule has 0 fully saturated rings. The molecule has 4 atom stereocenters. The first-order valence-corrected chi connectivity index (χ1v) is 18.5. The maximum atomic E-state index is 13.4. The predicted molar refractivity (Wildman–Crippen MR) is 190 cm³/mol. The first-order valence-electron chi connectivity index (χ1n) is 16.0. The molecular formula is C36H40N3O10PS. The lowest BCUT2D eigenvalue weighted by molar-refractivity contribution is -0.155. The highest BCUT2D eigenvalue weighted by Gasteiger charge is 2.37. The first kappa shape index (κ1) is 38.9. The fourth-order valence-corrected chi connectivity index (χ4v) is 6.60. The SMILES string of the molecule is CC(C)C[C@H](NP(=O)(O)OC(NC(=O)OCc1ccccc1)C(=O)OCc1ccccc1)C(=O)N[C@@H](Cc1ccc(-c2ccsc2)cc1)C(=O)O. The fraction of sp³-hybridized carbons (Fsp3) is 0.278. The van der Waals surface area contributed by atoms with Gasteiger partial charge in [-0.05, 0) is 57.0 Å². The zero-order valence-electron chi connectivity index (χ0n) is 28.0. The zero-order chi connectivity index (χ0) is 36.8. The van der Waals surface area contributed by atoms with Gasteiger partial charge in [0.25, 0.3) is 0 Å². The molecule has 0 aliphatic carbocycles. The number of ether oxygens (including phenoxy) is 2. The van der Waals surface area contributed by atoms with Gasteiger partial charge in [-0.25, -0.2) is 24.0 Å². The van der Waals surface area contributed by atoms with Gasteiger partial charge >= 0.3 is 25.8 Å². The van der Waals surface area contributed by atoms with Crippen molar-refractivity contribution in [3.63, 3.8) is 0 Å². The van der Waals surface area contributed by atoms with Crippen LogP contribution in [0.25, 0.3) is 11.1 Å². The Labute approximate surface area is 299 Å². The van der Waals surface area contributed by atoms with Crippen molar-refractivity contribution in [1.82, 2.24) is 15.7 Å². The number of nitrogens with one attached hydrogen (secondary N) is 3. The molecule has 0 spiro atoms. The molecular weight excluding hydrogens is 697 g/mol. The van der Waals surface area contributed by atoms with Gasteiger partial charge in [0.1, 0.15) is 19.3 Å². The van der Waals surface area contributed by atoms with Gasteiger partial charge in [0.05, 0.1) is 6.04 Å². The topological polar surface area (TPSA) is 190 Å². The molecule has 4 rings (SSSR count). The molecule has 0 aliphatic heterocycles. The second-order valence-electron chi connectivity index (χ2n) is 11.9. The summed E-state index contributed by atoms with van der Waals surface area (Å²) in [7, 11) is -5.09. The van der Waals surface area contributed by atoms with Crippen LogP contribution < -0.4 is 15.7 Å². The molecule has 0 radical (unpaired) electrons. The summed E-state index contributed by atoms with van der Waals surface area (Å²) in [5, 5.41) is 20.7. The van der Waals surface area contributed by atoms with Crippen LogP contribution in [0.15, 0.2) is 102 Å². The summed E-state index contributed by atoms with van der Waals surface area (Å²) in [6.07, 6.45) is -3.36. The Bertz CT molecular complexity index is 1770. The van der Waals surface area contributed by atoms with Crippen molar-refractivity contribution >= 4 is 43.0 Å². The van der Waals surface area contributed by atoms with Crippen LogP contribution in [0, 0.1) is 5.92 Å². The van der Waals surface area contributed by atoms with Crippen molar-refractivity contribution in [2.45, 2.75) is 58.2 Å². The number of alkyl carbamates (subject to hydrolysis) is 1. The maximum absolute atomic E-state index is 13.4. The summed E-state index contributed by atoms with van der Waals surface area (Å²) < 4.78 is 29.0. The van der Waals surface area contributed by atoms with E-state index in [0.29, 0.717) is 16.7 Å². The third kappa shape index (κ3) is 13.1. The van der Waals surface area contributed by atoms with Crippen LogP contribution in [0.2, 0.25) is 0 Å². The Morgan fingerprint density at radius 1 is 0.765 bits per heavy atom. The molecule has 3 aromatic carbocycles. The molecule has 0 bridgehead atoms. The van der Waals surface area contributed by atoms with Crippen LogP contribution >= 0.6 is 19.1 Å². The Morgan fingerprint density at radius 2 is 1.37 bits per heavy atom. The average molecular weight is 738 g/mol. The number of aliphatic carboxylic acids is 1. The summed E-state index contributed by atoms with van der Waals surface area (Å²) >= 11 is 1.55. The lowest BCUT2D eigenvalue weighted by atomic mass is 10.0. The van der Waals surface area contributed by atoms with E-state index in [1.807, 2.05) is 29.0 Å². The molecule has 2 amide bonds. The number of hydrogen-bond donors (Lipinski definition) is 5. The van der Waals surface area contributed by atoms with E-state index in [-0.39, 0.29) is 32.0 Å². The summed E-state index contributed by atoms with van der Waals surface area (Å²) in [6.45, 7) is 3.09. The number of carboxylic acids is 1. The van der Waals surface area contributed by atoms with Crippen LogP contribution in [0.4, 0.5) is 4.79 Å². The number of carboxylic acid groups (broad SMARTS) is 1. The van der Waals surface area contributed by atoms with Gasteiger partial charge in [0.2, 0.25) is 12.1 Å². The first-order chi connectivity index (χ1) is 24.4. The van der Waals surface area contributed by atoms with Gasteiger partial charge < -0.3 is 24.8 Å². The second kappa shape index (κ2) is 18.9. The summed E-state index contributed by atoms with van der Waals surface area (Å²) in [6, 6.07) is 23.6. The van der Waals surface area contributed by atoms with Gasteiger partial charge in [-0.3, -0.25) is 14.6 Å². The molecule has 2 unspecified atom stereocenters. The second-order valence-corrected chi connectivity index (χ2v) is 14.2. The third-order valence-corrected chi connectivity index (χ3v) is 9.17. The number of benzene rings is 3. The van der Waals surface area contributed by atoms with Gasteiger partial charge in [-0.1, -0.05) is 98.8 Å². The van der Waals surface area contributed by atoms with E-state index < -0.39 is 50.0 Å². The molecule has 4 aromatic rings. The molecule has 1 heterocycles. The molecule has 51 heavy (non-hydrogen) atoms. The van der Waals surface area contributed by atoms with Gasteiger partial charge in [0.15, 0.2) is 0 Å². The monoisotopic (exact) mass is 737 g/mol. The van der Waals surface area contributed by atoms with Crippen molar-refractivity contribution in [3.8, 4) is 11.1 Å². The lowest BCUT2D eigenvalue weighted by Gasteiger charge is -2.26. The van der Waals surface area contributed by atoms with Gasteiger partial charge in [-0.2, -0.15) is 11.3 Å². The van der Waals surface area contributed by atoms with Crippen molar-refractivity contribution in [1.29, 1.82) is 0 Å². The Balaban J connectivity index is 1.44. The fourth-order valence-electron chi connectivity index (χ4n) is 4.83. The highest BCUT2D eigenvalue weighted by Crippen LogP contribution is 2.40. The van der Waals surface area contributed by atoms with E-state index in [1.54, 1.807) is 98.0 Å². The standard InChI is InChI=1S/C36H40N3O10PS/c1-24(2)19-30(32(40)37-31(34(41)42)20-25-13-15-28(16-14-25)29-17-18-51-23-29)39-50(45,46)49-33(35(43)47-21-26-9-5-3-6-10-26)38-36(44)48-22-27-11-7-4-8-12-27/h3-18,23-24,30-31,33H,19-22H2,1-2H3,(H,37,40)(H,38,44)(H,41,42)(H2,39,45,46)/t30-,31-,33?/m0/s1. The Morgan fingerprint density at radius 3 is 1.92 bits per heavy atom. The van der Waals surface area contributed by atoms with E-state index in [9.17, 15) is 33.7 Å². The molecule has 270 valence electrons. The van der Waals surface area contributed by atoms with Crippen LogP contribution in [0.5, 0.6) is 0 Å². The smallest absolute Gasteiger partial charge is 0.409 e. The lowest BCUT2D eigenvalue weighted by Crippen LogP contribution is -2.51. The van der Waals surface area contributed by atoms with Crippen molar-refractivity contribution in [2.24, 2.45) is 5.92 Å². The van der Waals surface area contributed by atoms with Crippen molar-refractivity contribution < 1.29 is 47.7 Å². The quantitative estimate of drug-likeness (QED) is 0.0483. The molecule has 1 aromatic heterocycles. The van der Waals surface area contributed by atoms with Gasteiger partial charge in [0, 0.05) is 6.42 Å². The molecule has 0 saturated heterocycles.